The Morgan fingerprint density at radius 1 is 1.32 bits per heavy atom. The van der Waals surface area contributed by atoms with E-state index in [9.17, 15) is 4.79 Å². The molecule has 0 unspecified atom stereocenters. The molecular formula is C20H20N2O3. The number of carboxylic acid groups (broad SMARTS) is 1. The lowest BCUT2D eigenvalue weighted by atomic mass is 9.78. The molecule has 128 valence electrons. The number of hydrogen-bond donors (Lipinski definition) is 1. The molecule has 0 saturated heterocycles. The van der Waals surface area contributed by atoms with Crippen LogP contribution < -0.4 is 4.74 Å². The first-order valence-corrected chi connectivity index (χ1v) is 8.18. The van der Waals surface area contributed by atoms with E-state index < -0.39 is 5.97 Å². The summed E-state index contributed by atoms with van der Waals surface area (Å²) in [5, 5.41) is 8.85. The van der Waals surface area contributed by atoms with Crippen LogP contribution in [0.5, 0.6) is 5.75 Å². The molecule has 0 aliphatic carbocycles. The molecule has 0 radical (unpaired) electrons. The highest BCUT2D eigenvalue weighted by Crippen LogP contribution is 2.39. The first-order chi connectivity index (χ1) is 11.8. The number of aryl methyl sites for hydroxylation is 1. The number of fused-ring (bicyclic) bond motifs is 1. The molecule has 0 fully saturated rings. The average Bonchev–Trinajstić information content (AvgIpc) is 2.52. The van der Waals surface area contributed by atoms with E-state index in [0.717, 1.165) is 29.9 Å². The zero-order chi connectivity index (χ0) is 18.0. The van der Waals surface area contributed by atoms with Crippen LogP contribution in [0.3, 0.4) is 0 Å². The SMILES string of the molecule is Cc1cc2c(cc1C#Cc1cncc(CC(=O)O)n1)C(C)(C)CCO2. The van der Waals surface area contributed by atoms with Crippen molar-refractivity contribution in [1.82, 2.24) is 9.97 Å². The minimum absolute atomic E-state index is 0.0545. The zero-order valence-corrected chi connectivity index (χ0v) is 14.6. The highest BCUT2D eigenvalue weighted by molar-refractivity contribution is 5.69. The van der Waals surface area contributed by atoms with Crippen LogP contribution in [0.4, 0.5) is 0 Å². The minimum atomic E-state index is -0.938. The van der Waals surface area contributed by atoms with Crippen LogP contribution in [0.2, 0.25) is 0 Å². The molecule has 0 atom stereocenters. The summed E-state index contributed by atoms with van der Waals surface area (Å²) < 4.78 is 5.78. The topological polar surface area (TPSA) is 72.3 Å². The van der Waals surface area contributed by atoms with Crippen LogP contribution in [0.25, 0.3) is 0 Å². The summed E-state index contributed by atoms with van der Waals surface area (Å²) in [5.41, 5.74) is 4.04. The average molecular weight is 336 g/mol. The molecule has 1 aromatic heterocycles. The van der Waals surface area contributed by atoms with E-state index in [1.807, 2.05) is 13.0 Å². The summed E-state index contributed by atoms with van der Waals surface area (Å²) in [5.74, 6) is 6.13. The number of nitrogens with zero attached hydrogens (tertiary/aromatic N) is 2. The second-order valence-corrected chi connectivity index (χ2v) is 6.86. The van der Waals surface area contributed by atoms with Gasteiger partial charge in [0.05, 0.1) is 24.9 Å². The van der Waals surface area contributed by atoms with Crippen LogP contribution in [0.15, 0.2) is 24.5 Å². The molecule has 25 heavy (non-hydrogen) atoms. The second-order valence-electron chi connectivity index (χ2n) is 6.86. The van der Waals surface area contributed by atoms with Crippen molar-refractivity contribution in [2.45, 2.75) is 39.0 Å². The maximum absolute atomic E-state index is 10.8. The Bertz CT molecular complexity index is 892. The van der Waals surface area contributed by atoms with Gasteiger partial charge in [0.1, 0.15) is 11.4 Å². The van der Waals surface area contributed by atoms with Gasteiger partial charge in [-0.25, -0.2) is 4.98 Å². The molecule has 1 aliphatic heterocycles. The molecule has 0 spiro atoms. The smallest absolute Gasteiger partial charge is 0.309 e. The quantitative estimate of drug-likeness (QED) is 0.854. The lowest BCUT2D eigenvalue weighted by Gasteiger charge is -2.33. The number of ether oxygens (including phenoxy) is 1. The summed E-state index contributed by atoms with van der Waals surface area (Å²) in [6, 6.07) is 4.12. The predicted molar refractivity (Wildman–Crippen MR) is 93.7 cm³/mol. The Morgan fingerprint density at radius 3 is 2.88 bits per heavy atom. The summed E-state index contributed by atoms with van der Waals surface area (Å²) in [6.45, 7) is 7.15. The molecular weight excluding hydrogens is 316 g/mol. The van der Waals surface area contributed by atoms with Gasteiger partial charge in [-0.2, -0.15) is 0 Å². The number of hydrogen-bond acceptors (Lipinski definition) is 4. The first-order valence-electron chi connectivity index (χ1n) is 8.18. The van der Waals surface area contributed by atoms with Crippen molar-refractivity contribution in [3.05, 3.63) is 52.6 Å². The normalized spacial score (nSPS) is 14.7. The summed E-state index contributed by atoms with van der Waals surface area (Å²) in [6.07, 6.45) is 3.80. The van der Waals surface area contributed by atoms with E-state index in [0.29, 0.717) is 11.4 Å². The lowest BCUT2D eigenvalue weighted by molar-refractivity contribution is -0.136. The van der Waals surface area contributed by atoms with Gasteiger partial charge in [-0.1, -0.05) is 19.8 Å². The summed E-state index contributed by atoms with van der Waals surface area (Å²) >= 11 is 0. The number of aliphatic carboxylic acids is 1. The molecule has 2 aromatic rings. The van der Waals surface area contributed by atoms with Gasteiger partial charge < -0.3 is 9.84 Å². The van der Waals surface area contributed by atoms with Gasteiger partial charge >= 0.3 is 5.97 Å². The number of carboxylic acids is 1. The molecule has 1 aliphatic rings. The maximum atomic E-state index is 10.8. The molecule has 1 aromatic carbocycles. The number of benzene rings is 1. The van der Waals surface area contributed by atoms with E-state index in [1.165, 1.54) is 11.8 Å². The van der Waals surface area contributed by atoms with Crippen molar-refractivity contribution in [2.24, 2.45) is 0 Å². The van der Waals surface area contributed by atoms with Crippen molar-refractivity contribution >= 4 is 5.97 Å². The second kappa shape index (κ2) is 6.56. The molecule has 3 rings (SSSR count). The molecule has 5 heteroatoms. The maximum Gasteiger partial charge on any atom is 0.309 e. The largest absolute Gasteiger partial charge is 0.493 e. The number of aromatic nitrogens is 2. The molecule has 5 nitrogen and oxygen atoms in total. The fourth-order valence-corrected chi connectivity index (χ4v) is 2.85. The van der Waals surface area contributed by atoms with E-state index in [2.05, 4.69) is 41.7 Å². The third-order valence-corrected chi connectivity index (χ3v) is 4.38. The third kappa shape index (κ3) is 3.80. The molecule has 1 N–H and O–H groups in total. The minimum Gasteiger partial charge on any atom is -0.493 e. The van der Waals surface area contributed by atoms with Gasteiger partial charge in [0.15, 0.2) is 0 Å². The van der Waals surface area contributed by atoms with E-state index in [4.69, 9.17) is 9.84 Å². The van der Waals surface area contributed by atoms with Crippen LogP contribution in [-0.4, -0.2) is 27.7 Å². The fourth-order valence-electron chi connectivity index (χ4n) is 2.85. The molecule has 2 heterocycles. The van der Waals surface area contributed by atoms with Crippen LogP contribution in [0, 0.1) is 18.8 Å². The Labute approximate surface area is 147 Å². The summed E-state index contributed by atoms with van der Waals surface area (Å²) in [7, 11) is 0. The van der Waals surface area contributed by atoms with Crippen LogP contribution in [-0.2, 0) is 16.6 Å². The van der Waals surface area contributed by atoms with Crippen molar-refractivity contribution in [3.8, 4) is 17.6 Å². The first kappa shape index (κ1) is 17.0. The van der Waals surface area contributed by atoms with Crippen molar-refractivity contribution in [2.75, 3.05) is 6.61 Å². The van der Waals surface area contributed by atoms with Gasteiger partial charge in [0.25, 0.3) is 0 Å². The predicted octanol–water partition coefficient (Wildman–Crippen LogP) is 2.87. The molecule has 0 saturated carbocycles. The van der Waals surface area contributed by atoms with Gasteiger partial charge in [-0.15, -0.1) is 0 Å². The van der Waals surface area contributed by atoms with Gasteiger partial charge in [0.2, 0.25) is 0 Å². The monoisotopic (exact) mass is 336 g/mol. The molecule has 0 amide bonds. The van der Waals surface area contributed by atoms with Crippen LogP contribution in [0.1, 0.15) is 48.3 Å². The van der Waals surface area contributed by atoms with Crippen molar-refractivity contribution < 1.29 is 14.6 Å². The van der Waals surface area contributed by atoms with Gasteiger partial charge in [0, 0.05) is 17.3 Å². The van der Waals surface area contributed by atoms with Gasteiger partial charge in [-0.3, -0.25) is 9.78 Å². The fraction of sp³-hybridized carbons (Fsp3) is 0.350. The Morgan fingerprint density at radius 2 is 2.12 bits per heavy atom. The standard InChI is InChI=1S/C20H20N2O3/c1-13-8-18-17(20(2,3)6-7-25-18)9-14(13)4-5-15-11-21-12-16(22-15)10-19(23)24/h8-9,11-12H,6-7,10H2,1-3H3,(H,23,24). The van der Waals surface area contributed by atoms with Crippen molar-refractivity contribution in [1.29, 1.82) is 0 Å². The highest BCUT2D eigenvalue weighted by Gasteiger charge is 2.29. The lowest BCUT2D eigenvalue weighted by Crippen LogP contribution is -2.26. The Kier molecular flexibility index (Phi) is 4.45. The van der Waals surface area contributed by atoms with E-state index >= 15 is 0 Å². The summed E-state index contributed by atoms with van der Waals surface area (Å²) in [4.78, 5) is 19.0. The highest BCUT2D eigenvalue weighted by atomic mass is 16.5. The van der Waals surface area contributed by atoms with Crippen LogP contribution >= 0.6 is 0 Å². The number of rotatable bonds is 2. The zero-order valence-electron chi connectivity index (χ0n) is 14.6. The van der Waals surface area contributed by atoms with Gasteiger partial charge in [-0.05, 0) is 42.4 Å². The van der Waals surface area contributed by atoms with E-state index in [-0.39, 0.29) is 11.8 Å². The van der Waals surface area contributed by atoms with Crippen molar-refractivity contribution in [3.63, 3.8) is 0 Å². The third-order valence-electron chi connectivity index (χ3n) is 4.38. The molecule has 0 bridgehead atoms. The van der Waals surface area contributed by atoms with E-state index in [1.54, 1.807) is 6.20 Å². The number of carbonyl (C=O) groups is 1. The Balaban J connectivity index is 1.95. The Hall–Kier alpha value is -2.87.